The van der Waals surface area contributed by atoms with Crippen molar-refractivity contribution in [2.45, 2.75) is 102 Å². The average molecular weight is 369 g/mol. The van der Waals surface area contributed by atoms with Crippen LogP contribution in [0.25, 0.3) is 0 Å². The molecule has 6 heteroatoms. The van der Waals surface area contributed by atoms with Crippen LogP contribution in [0.4, 0.5) is 0 Å². The summed E-state index contributed by atoms with van der Waals surface area (Å²) in [6.07, 6.45) is 13.2. The van der Waals surface area contributed by atoms with Crippen LogP contribution in [0.15, 0.2) is 9.95 Å². The molecule has 2 N–H and O–H groups in total. The fraction of sp³-hybridized carbons (Fsp3) is 0.842. The lowest BCUT2D eigenvalue weighted by Crippen LogP contribution is -2.38. The van der Waals surface area contributed by atoms with Crippen LogP contribution in [0.5, 0.6) is 0 Å². The minimum atomic E-state index is -0.342. The van der Waals surface area contributed by atoms with E-state index in [1.165, 1.54) is 69.5 Å². The molecule has 144 valence electrons. The number of nitrogen functional groups attached to an aromatic ring is 1. The molecule has 0 aliphatic heterocycles. The molecule has 0 aliphatic rings. The van der Waals surface area contributed by atoms with Crippen LogP contribution in [0, 0.1) is 0 Å². The van der Waals surface area contributed by atoms with Gasteiger partial charge < -0.3 is 5.84 Å². The number of nitrogens with zero attached hydrogens (tertiary/aromatic N) is 3. The first-order chi connectivity index (χ1) is 11.9. The maximum absolute atomic E-state index is 12.3. The Hall–Kier alpha value is -1.04. The van der Waals surface area contributed by atoms with Gasteiger partial charge in [-0.3, -0.25) is 4.79 Å². The number of hydrogen-bond donors (Lipinski definition) is 1. The third kappa shape index (κ3) is 8.25. The predicted octanol–water partition coefficient (Wildman–Crippen LogP) is 4.66. The van der Waals surface area contributed by atoms with Crippen molar-refractivity contribution in [2.75, 3.05) is 11.6 Å². The molecule has 0 atom stereocenters. The van der Waals surface area contributed by atoms with E-state index in [9.17, 15) is 4.79 Å². The summed E-state index contributed by atoms with van der Waals surface area (Å²) in [4.78, 5) is 12.3. The highest BCUT2D eigenvalue weighted by molar-refractivity contribution is 7.99. The zero-order valence-corrected chi connectivity index (χ0v) is 17.3. The highest BCUT2D eigenvalue weighted by Crippen LogP contribution is 2.19. The summed E-state index contributed by atoms with van der Waals surface area (Å²) >= 11 is 1.52. The highest BCUT2D eigenvalue weighted by Gasteiger charge is 2.22. The van der Waals surface area contributed by atoms with E-state index in [0.29, 0.717) is 10.9 Å². The molecule has 1 aromatic heterocycles. The molecular weight excluding hydrogens is 332 g/mol. The maximum Gasteiger partial charge on any atom is 0.295 e. The molecule has 0 fully saturated rings. The standard InChI is InChI=1S/C19H36N4OS/c1-5-6-7-8-9-10-11-12-13-14-15-25-18-22-21-16(19(2,3)4)17(24)23(18)20/h5-15,20H2,1-4H3. The Morgan fingerprint density at radius 2 is 1.44 bits per heavy atom. The van der Waals surface area contributed by atoms with Crippen LogP contribution in [-0.2, 0) is 5.41 Å². The summed E-state index contributed by atoms with van der Waals surface area (Å²) in [5.41, 5.74) is -0.170. The zero-order chi connectivity index (χ0) is 18.7. The Labute approximate surface area is 157 Å². The number of unbranched alkanes of at least 4 members (excludes halogenated alkanes) is 9. The third-order valence-corrected chi connectivity index (χ3v) is 5.33. The van der Waals surface area contributed by atoms with Gasteiger partial charge in [-0.1, -0.05) is 97.2 Å². The van der Waals surface area contributed by atoms with Gasteiger partial charge in [-0.2, -0.15) is 4.68 Å². The minimum absolute atomic E-state index is 0.243. The lowest BCUT2D eigenvalue weighted by atomic mass is 9.93. The van der Waals surface area contributed by atoms with Crippen LogP contribution in [-0.4, -0.2) is 20.6 Å². The smallest absolute Gasteiger partial charge is 0.295 e. The second-order valence-electron chi connectivity index (χ2n) is 7.79. The fourth-order valence-corrected chi connectivity index (χ4v) is 3.56. The van der Waals surface area contributed by atoms with E-state index in [0.717, 1.165) is 16.8 Å². The van der Waals surface area contributed by atoms with Gasteiger partial charge in [-0.15, -0.1) is 10.2 Å². The molecule has 0 spiro atoms. The van der Waals surface area contributed by atoms with Gasteiger partial charge in [0.2, 0.25) is 5.16 Å². The van der Waals surface area contributed by atoms with Gasteiger partial charge in [0.05, 0.1) is 0 Å². The molecule has 1 rings (SSSR count). The monoisotopic (exact) mass is 368 g/mol. The molecule has 0 saturated heterocycles. The first-order valence-electron chi connectivity index (χ1n) is 9.76. The zero-order valence-electron chi connectivity index (χ0n) is 16.5. The van der Waals surface area contributed by atoms with E-state index < -0.39 is 0 Å². The molecular formula is C19H36N4OS. The number of hydrogen-bond acceptors (Lipinski definition) is 5. The summed E-state index contributed by atoms with van der Waals surface area (Å²) in [7, 11) is 0. The first-order valence-corrected chi connectivity index (χ1v) is 10.7. The van der Waals surface area contributed by atoms with Crippen molar-refractivity contribution < 1.29 is 0 Å². The molecule has 0 bridgehead atoms. The van der Waals surface area contributed by atoms with Gasteiger partial charge in [0.15, 0.2) is 0 Å². The van der Waals surface area contributed by atoms with Gasteiger partial charge in [0, 0.05) is 11.2 Å². The second kappa shape index (κ2) is 11.6. The Morgan fingerprint density at radius 3 is 1.96 bits per heavy atom. The predicted molar refractivity (Wildman–Crippen MR) is 108 cm³/mol. The largest absolute Gasteiger partial charge is 0.334 e. The summed E-state index contributed by atoms with van der Waals surface area (Å²) in [5, 5.41) is 8.74. The van der Waals surface area contributed by atoms with Crippen LogP contribution in [0.2, 0.25) is 0 Å². The average Bonchev–Trinajstić information content (AvgIpc) is 2.55. The molecule has 1 aromatic rings. The Kier molecular flexibility index (Phi) is 10.2. The summed E-state index contributed by atoms with van der Waals surface area (Å²) in [6.45, 7) is 8.08. The number of rotatable bonds is 12. The van der Waals surface area contributed by atoms with Crippen LogP contribution < -0.4 is 11.4 Å². The summed E-state index contributed by atoms with van der Waals surface area (Å²) in [6, 6.07) is 0. The normalized spacial score (nSPS) is 11.8. The van der Waals surface area contributed by atoms with Gasteiger partial charge >= 0.3 is 0 Å². The highest BCUT2D eigenvalue weighted by atomic mass is 32.2. The molecule has 0 amide bonds. The molecule has 1 heterocycles. The summed E-state index contributed by atoms with van der Waals surface area (Å²) < 4.78 is 1.15. The minimum Gasteiger partial charge on any atom is -0.334 e. The molecule has 0 aliphatic carbocycles. The van der Waals surface area contributed by atoms with Crippen molar-refractivity contribution in [3.8, 4) is 0 Å². The Balaban J connectivity index is 2.21. The third-order valence-electron chi connectivity index (χ3n) is 4.30. The van der Waals surface area contributed by atoms with E-state index >= 15 is 0 Å². The van der Waals surface area contributed by atoms with Crippen molar-refractivity contribution in [2.24, 2.45) is 0 Å². The van der Waals surface area contributed by atoms with E-state index in [2.05, 4.69) is 17.1 Å². The van der Waals surface area contributed by atoms with Crippen LogP contribution in [0.1, 0.15) is 97.6 Å². The Morgan fingerprint density at radius 1 is 0.920 bits per heavy atom. The fourth-order valence-electron chi connectivity index (χ4n) is 2.71. The number of thioether (sulfide) groups is 1. The lowest BCUT2D eigenvalue weighted by Gasteiger charge is -2.17. The van der Waals surface area contributed by atoms with Crippen molar-refractivity contribution in [3.05, 3.63) is 16.0 Å². The molecule has 0 radical (unpaired) electrons. The molecule has 5 nitrogen and oxygen atoms in total. The summed E-state index contributed by atoms with van der Waals surface area (Å²) in [5.74, 6) is 6.82. The van der Waals surface area contributed by atoms with E-state index in [4.69, 9.17) is 5.84 Å². The second-order valence-corrected chi connectivity index (χ2v) is 8.85. The lowest BCUT2D eigenvalue weighted by molar-refractivity contribution is 0.520. The van der Waals surface area contributed by atoms with E-state index in [-0.39, 0.29) is 11.0 Å². The van der Waals surface area contributed by atoms with Gasteiger partial charge in [0.25, 0.3) is 5.56 Å². The first kappa shape index (κ1) is 22.0. The van der Waals surface area contributed by atoms with Gasteiger partial charge in [-0.05, 0) is 6.42 Å². The molecule has 0 saturated carbocycles. The SMILES string of the molecule is CCCCCCCCCCCCSc1nnc(C(C)(C)C)c(=O)n1N. The van der Waals surface area contributed by atoms with Gasteiger partial charge in [-0.25, -0.2) is 0 Å². The molecule has 25 heavy (non-hydrogen) atoms. The van der Waals surface area contributed by atoms with Crippen molar-refractivity contribution >= 4 is 11.8 Å². The molecule has 0 aromatic carbocycles. The van der Waals surface area contributed by atoms with E-state index in [1.54, 1.807) is 0 Å². The van der Waals surface area contributed by atoms with Gasteiger partial charge in [0.1, 0.15) is 5.69 Å². The van der Waals surface area contributed by atoms with Crippen LogP contribution >= 0.6 is 11.8 Å². The van der Waals surface area contributed by atoms with Crippen molar-refractivity contribution in [1.29, 1.82) is 0 Å². The van der Waals surface area contributed by atoms with Crippen molar-refractivity contribution in [1.82, 2.24) is 14.9 Å². The Bertz CT molecular complexity index is 551. The molecule has 0 unspecified atom stereocenters. The maximum atomic E-state index is 12.3. The number of nitrogens with two attached hydrogens (primary N) is 1. The van der Waals surface area contributed by atoms with Crippen molar-refractivity contribution in [3.63, 3.8) is 0 Å². The quantitative estimate of drug-likeness (QED) is 0.330. The van der Waals surface area contributed by atoms with E-state index in [1.807, 2.05) is 20.8 Å². The number of aromatic nitrogens is 3. The van der Waals surface area contributed by atoms with Crippen LogP contribution in [0.3, 0.4) is 0 Å². The topological polar surface area (TPSA) is 73.8 Å².